The first-order valence-electron chi connectivity index (χ1n) is 8.60. The van der Waals surface area contributed by atoms with Gasteiger partial charge in [-0.15, -0.1) is 11.3 Å². The lowest BCUT2D eigenvalue weighted by molar-refractivity contribution is -0.121. The first-order chi connectivity index (χ1) is 13.1. The summed E-state index contributed by atoms with van der Waals surface area (Å²) in [7, 11) is 0. The van der Waals surface area contributed by atoms with E-state index < -0.39 is 0 Å². The zero-order valence-electron chi connectivity index (χ0n) is 14.9. The minimum Gasteiger partial charge on any atom is -0.352 e. The molecule has 2 amide bonds. The largest absolute Gasteiger partial charge is 0.352 e. The van der Waals surface area contributed by atoms with Crippen LogP contribution in [0.25, 0.3) is 10.6 Å². The van der Waals surface area contributed by atoms with Crippen molar-refractivity contribution in [2.45, 2.75) is 19.9 Å². The number of pyridine rings is 1. The third-order valence-electron chi connectivity index (χ3n) is 3.90. The lowest BCUT2D eigenvalue weighted by Gasteiger charge is -2.06. The molecule has 0 aliphatic carbocycles. The minimum absolute atomic E-state index is 0.113. The smallest absolute Gasteiger partial charge is 0.263 e. The summed E-state index contributed by atoms with van der Waals surface area (Å²) in [4.78, 5) is 33.3. The standard InChI is InChI=1S/C20H20N4O2S/c1-14-18(27-20(24-14)16-5-3-2-4-6-16)19(26)22-12-9-17(25)23-13-15-7-10-21-11-8-15/h2-8,10-11H,9,12-13H2,1H3,(H,22,26)(H,23,25). The van der Waals surface area contributed by atoms with Gasteiger partial charge in [-0.3, -0.25) is 14.6 Å². The van der Waals surface area contributed by atoms with E-state index in [0.29, 0.717) is 17.1 Å². The first kappa shape index (κ1) is 18.7. The molecule has 0 aliphatic rings. The zero-order chi connectivity index (χ0) is 19.1. The van der Waals surface area contributed by atoms with E-state index in [1.165, 1.54) is 11.3 Å². The Morgan fingerprint density at radius 2 is 1.78 bits per heavy atom. The van der Waals surface area contributed by atoms with E-state index in [0.717, 1.165) is 16.1 Å². The molecule has 2 N–H and O–H groups in total. The second kappa shape index (κ2) is 9.05. The predicted molar refractivity (Wildman–Crippen MR) is 105 cm³/mol. The summed E-state index contributed by atoms with van der Waals surface area (Å²) < 4.78 is 0. The van der Waals surface area contributed by atoms with E-state index in [1.807, 2.05) is 49.4 Å². The third-order valence-corrected chi connectivity index (χ3v) is 5.11. The van der Waals surface area contributed by atoms with E-state index in [9.17, 15) is 9.59 Å². The maximum atomic E-state index is 12.4. The molecule has 0 fully saturated rings. The van der Waals surface area contributed by atoms with Crippen LogP contribution in [0, 0.1) is 6.92 Å². The normalized spacial score (nSPS) is 10.4. The number of carbonyl (C=O) groups is 2. The van der Waals surface area contributed by atoms with Crippen LogP contribution < -0.4 is 10.6 Å². The van der Waals surface area contributed by atoms with E-state index in [4.69, 9.17) is 0 Å². The fourth-order valence-electron chi connectivity index (χ4n) is 2.47. The van der Waals surface area contributed by atoms with Crippen molar-refractivity contribution < 1.29 is 9.59 Å². The van der Waals surface area contributed by atoms with Crippen molar-refractivity contribution >= 4 is 23.2 Å². The van der Waals surface area contributed by atoms with Crippen LogP contribution in [0.1, 0.15) is 27.3 Å². The molecule has 0 saturated heterocycles. The molecule has 7 heteroatoms. The van der Waals surface area contributed by atoms with Gasteiger partial charge in [0.1, 0.15) is 9.88 Å². The number of aromatic nitrogens is 2. The second-order valence-electron chi connectivity index (χ2n) is 5.94. The van der Waals surface area contributed by atoms with Gasteiger partial charge in [-0.05, 0) is 24.6 Å². The van der Waals surface area contributed by atoms with Gasteiger partial charge in [0.2, 0.25) is 5.91 Å². The Morgan fingerprint density at radius 3 is 2.52 bits per heavy atom. The number of hydrogen-bond acceptors (Lipinski definition) is 5. The molecule has 3 rings (SSSR count). The number of thiazole rings is 1. The molecule has 138 valence electrons. The molecule has 2 heterocycles. The van der Waals surface area contributed by atoms with Crippen LogP contribution in [0.2, 0.25) is 0 Å². The molecule has 3 aromatic rings. The SMILES string of the molecule is Cc1nc(-c2ccccc2)sc1C(=O)NCCC(=O)NCc1ccncc1. The molecular weight excluding hydrogens is 360 g/mol. The topological polar surface area (TPSA) is 84.0 Å². The first-order valence-corrected chi connectivity index (χ1v) is 9.42. The summed E-state index contributed by atoms with van der Waals surface area (Å²) in [6.07, 6.45) is 3.59. The minimum atomic E-state index is -0.200. The molecule has 2 aromatic heterocycles. The fourth-order valence-corrected chi connectivity index (χ4v) is 3.46. The van der Waals surface area contributed by atoms with Crippen LogP contribution in [0.5, 0.6) is 0 Å². The van der Waals surface area contributed by atoms with E-state index in [1.54, 1.807) is 12.4 Å². The summed E-state index contributed by atoms with van der Waals surface area (Å²) in [6.45, 7) is 2.54. The zero-order valence-corrected chi connectivity index (χ0v) is 15.8. The van der Waals surface area contributed by atoms with Crippen molar-refractivity contribution in [3.05, 3.63) is 71.0 Å². The molecule has 0 bridgehead atoms. The highest BCUT2D eigenvalue weighted by atomic mass is 32.1. The van der Waals surface area contributed by atoms with Crippen LogP contribution in [-0.2, 0) is 11.3 Å². The lowest BCUT2D eigenvalue weighted by atomic mass is 10.2. The van der Waals surface area contributed by atoms with Crippen LogP contribution >= 0.6 is 11.3 Å². The Hall–Kier alpha value is -3.06. The number of hydrogen-bond donors (Lipinski definition) is 2. The van der Waals surface area contributed by atoms with Gasteiger partial charge in [-0.2, -0.15) is 0 Å². The van der Waals surface area contributed by atoms with Crippen LogP contribution in [-0.4, -0.2) is 28.3 Å². The van der Waals surface area contributed by atoms with Gasteiger partial charge in [0.05, 0.1) is 5.69 Å². The van der Waals surface area contributed by atoms with Crippen LogP contribution in [0.15, 0.2) is 54.9 Å². The Labute approximate surface area is 161 Å². The third kappa shape index (κ3) is 5.21. The fraction of sp³-hybridized carbons (Fsp3) is 0.200. The number of rotatable bonds is 7. The van der Waals surface area contributed by atoms with E-state index >= 15 is 0 Å². The molecule has 1 aromatic carbocycles. The van der Waals surface area contributed by atoms with Crippen molar-refractivity contribution in [2.24, 2.45) is 0 Å². The van der Waals surface area contributed by atoms with Crippen molar-refractivity contribution in [1.29, 1.82) is 0 Å². The van der Waals surface area contributed by atoms with Crippen molar-refractivity contribution in [2.75, 3.05) is 6.54 Å². The van der Waals surface area contributed by atoms with Gasteiger partial charge >= 0.3 is 0 Å². The maximum Gasteiger partial charge on any atom is 0.263 e. The van der Waals surface area contributed by atoms with Crippen molar-refractivity contribution in [1.82, 2.24) is 20.6 Å². The van der Waals surface area contributed by atoms with Crippen molar-refractivity contribution in [3.63, 3.8) is 0 Å². The number of aryl methyl sites for hydroxylation is 1. The molecule has 0 saturated carbocycles. The molecule has 27 heavy (non-hydrogen) atoms. The monoisotopic (exact) mass is 380 g/mol. The van der Waals surface area contributed by atoms with Gasteiger partial charge in [0, 0.05) is 37.5 Å². The summed E-state index contributed by atoms with van der Waals surface area (Å²) in [5, 5.41) is 6.43. The van der Waals surface area contributed by atoms with Crippen LogP contribution in [0.4, 0.5) is 0 Å². The molecule has 0 atom stereocenters. The number of amides is 2. The van der Waals surface area contributed by atoms with Gasteiger partial charge < -0.3 is 10.6 Å². The predicted octanol–water partition coefficient (Wildman–Crippen LogP) is 2.95. The summed E-state index contributed by atoms with van der Waals surface area (Å²) in [5.74, 6) is -0.313. The highest BCUT2D eigenvalue weighted by Crippen LogP contribution is 2.27. The van der Waals surface area contributed by atoms with Gasteiger partial charge in [-0.25, -0.2) is 4.98 Å². The molecule has 0 radical (unpaired) electrons. The highest BCUT2D eigenvalue weighted by molar-refractivity contribution is 7.17. The Bertz CT molecular complexity index is 910. The Morgan fingerprint density at radius 1 is 1.04 bits per heavy atom. The summed E-state index contributed by atoms with van der Waals surface area (Å²) >= 11 is 1.36. The number of carbonyl (C=O) groups excluding carboxylic acids is 2. The molecular formula is C20H20N4O2S. The Balaban J connectivity index is 1.48. The Kier molecular flexibility index (Phi) is 6.27. The van der Waals surface area contributed by atoms with Gasteiger partial charge in [0.15, 0.2) is 0 Å². The molecule has 6 nitrogen and oxygen atoms in total. The maximum absolute atomic E-state index is 12.4. The average Bonchev–Trinajstić information content (AvgIpc) is 3.09. The second-order valence-corrected chi connectivity index (χ2v) is 6.94. The number of benzene rings is 1. The number of nitrogens with zero attached hydrogens (tertiary/aromatic N) is 2. The summed E-state index contributed by atoms with van der Waals surface area (Å²) in [6, 6.07) is 13.4. The van der Waals surface area contributed by atoms with Gasteiger partial charge in [0.25, 0.3) is 5.91 Å². The van der Waals surface area contributed by atoms with Crippen LogP contribution in [0.3, 0.4) is 0 Å². The molecule has 0 unspecified atom stereocenters. The average molecular weight is 380 g/mol. The molecule has 0 aliphatic heterocycles. The van der Waals surface area contributed by atoms with E-state index in [2.05, 4.69) is 20.6 Å². The van der Waals surface area contributed by atoms with Gasteiger partial charge in [-0.1, -0.05) is 30.3 Å². The lowest BCUT2D eigenvalue weighted by Crippen LogP contribution is -2.30. The van der Waals surface area contributed by atoms with E-state index in [-0.39, 0.29) is 24.8 Å². The number of nitrogens with one attached hydrogen (secondary N) is 2. The van der Waals surface area contributed by atoms with Crippen molar-refractivity contribution in [3.8, 4) is 10.6 Å². The summed E-state index contributed by atoms with van der Waals surface area (Å²) in [5.41, 5.74) is 2.66. The highest BCUT2D eigenvalue weighted by Gasteiger charge is 2.16. The molecule has 0 spiro atoms. The quantitative estimate of drug-likeness (QED) is 0.660.